The number of likely N-dealkylation sites (tertiary alicyclic amines) is 1. The maximum absolute atomic E-state index is 11.9. The van der Waals surface area contributed by atoms with E-state index in [4.69, 9.17) is 5.11 Å². The number of H-pyrrole nitrogens is 1. The van der Waals surface area contributed by atoms with Crippen molar-refractivity contribution >= 4 is 12.0 Å². The molecule has 8 heteroatoms. The molecule has 2 rings (SSSR count). The van der Waals surface area contributed by atoms with Crippen LogP contribution in [0.3, 0.4) is 0 Å². The lowest BCUT2D eigenvalue weighted by molar-refractivity contribution is -0.143. The molecule has 0 bridgehead atoms. The Bertz CT molecular complexity index is 434. The summed E-state index contributed by atoms with van der Waals surface area (Å²) in [5, 5.41) is 18.1. The predicted octanol–water partition coefficient (Wildman–Crippen LogP) is -0.147. The third kappa shape index (κ3) is 3.67. The van der Waals surface area contributed by atoms with Crippen LogP contribution >= 0.6 is 0 Å². The second-order valence-electron chi connectivity index (χ2n) is 4.54. The SMILES string of the molecule is O=C(O)[C@H]1CCCN(C(=O)NCCc2ncn[nH]2)C1. The van der Waals surface area contributed by atoms with Gasteiger partial charge in [-0.15, -0.1) is 0 Å². The van der Waals surface area contributed by atoms with Crippen molar-refractivity contribution < 1.29 is 14.7 Å². The molecule has 0 aromatic carbocycles. The molecule has 0 saturated carbocycles. The van der Waals surface area contributed by atoms with Crippen LogP contribution in [0.25, 0.3) is 0 Å². The minimum atomic E-state index is -0.834. The quantitative estimate of drug-likeness (QED) is 0.702. The molecule has 0 radical (unpaired) electrons. The van der Waals surface area contributed by atoms with Crippen LogP contribution in [0.15, 0.2) is 6.33 Å². The number of aromatic nitrogens is 3. The predicted molar refractivity (Wildman–Crippen MR) is 65.4 cm³/mol. The van der Waals surface area contributed by atoms with Gasteiger partial charge in [-0.05, 0) is 12.8 Å². The molecular weight excluding hydrogens is 250 g/mol. The number of nitrogens with zero attached hydrogens (tertiary/aromatic N) is 3. The zero-order valence-electron chi connectivity index (χ0n) is 10.5. The van der Waals surface area contributed by atoms with E-state index in [1.165, 1.54) is 6.33 Å². The molecule has 19 heavy (non-hydrogen) atoms. The first-order valence-electron chi connectivity index (χ1n) is 6.26. The van der Waals surface area contributed by atoms with Crippen molar-refractivity contribution in [2.45, 2.75) is 19.3 Å². The van der Waals surface area contributed by atoms with Crippen LogP contribution in [0.5, 0.6) is 0 Å². The molecule has 1 aromatic heterocycles. The number of nitrogens with one attached hydrogen (secondary N) is 2. The number of carboxylic acid groups (broad SMARTS) is 1. The van der Waals surface area contributed by atoms with Crippen molar-refractivity contribution in [2.75, 3.05) is 19.6 Å². The minimum Gasteiger partial charge on any atom is -0.481 e. The molecule has 2 heterocycles. The van der Waals surface area contributed by atoms with Gasteiger partial charge in [0.25, 0.3) is 0 Å². The van der Waals surface area contributed by atoms with Gasteiger partial charge in [-0.1, -0.05) is 0 Å². The maximum Gasteiger partial charge on any atom is 0.317 e. The zero-order chi connectivity index (χ0) is 13.7. The highest BCUT2D eigenvalue weighted by Crippen LogP contribution is 2.16. The van der Waals surface area contributed by atoms with Crippen molar-refractivity contribution in [1.82, 2.24) is 25.4 Å². The number of hydrogen-bond acceptors (Lipinski definition) is 4. The van der Waals surface area contributed by atoms with Crippen molar-refractivity contribution in [3.8, 4) is 0 Å². The molecule has 8 nitrogen and oxygen atoms in total. The molecule has 1 saturated heterocycles. The van der Waals surface area contributed by atoms with E-state index in [0.717, 1.165) is 6.42 Å². The van der Waals surface area contributed by atoms with Gasteiger partial charge in [0.15, 0.2) is 0 Å². The maximum atomic E-state index is 11.9. The fourth-order valence-electron chi connectivity index (χ4n) is 2.11. The first-order chi connectivity index (χ1) is 9.16. The van der Waals surface area contributed by atoms with Gasteiger partial charge in [0.1, 0.15) is 12.2 Å². The summed E-state index contributed by atoms with van der Waals surface area (Å²) in [6.07, 6.45) is 3.35. The van der Waals surface area contributed by atoms with Gasteiger partial charge >= 0.3 is 12.0 Å². The lowest BCUT2D eigenvalue weighted by atomic mass is 9.99. The highest BCUT2D eigenvalue weighted by Gasteiger charge is 2.27. The second kappa shape index (κ2) is 6.17. The van der Waals surface area contributed by atoms with E-state index in [-0.39, 0.29) is 12.6 Å². The highest BCUT2D eigenvalue weighted by atomic mass is 16.4. The van der Waals surface area contributed by atoms with Gasteiger partial charge < -0.3 is 15.3 Å². The summed E-state index contributed by atoms with van der Waals surface area (Å²) in [5.41, 5.74) is 0. The molecule has 1 atom stereocenters. The van der Waals surface area contributed by atoms with Gasteiger partial charge in [0.2, 0.25) is 0 Å². The summed E-state index contributed by atoms with van der Waals surface area (Å²) >= 11 is 0. The third-order valence-corrected chi connectivity index (χ3v) is 3.16. The van der Waals surface area contributed by atoms with Gasteiger partial charge in [-0.25, -0.2) is 9.78 Å². The summed E-state index contributed by atoms with van der Waals surface area (Å²) in [4.78, 5) is 28.3. The number of carbonyl (C=O) groups is 2. The molecule has 2 amide bonds. The lowest BCUT2D eigenvalue weighted by Gasteiger charge is -2.30. The highest BCUT2D eigenvalue weighted by molar-refractivity contribution is 5.76. The number of rotatable bonds is 4. The minimum absolute atomic E-state index is 0.217. The molecule has 3 N–H and O–H groups in total. The van der Waals surface area contributed by atoms with Crippen molar-refractivity contribution in [3.63, 3.8) is 0 Å². The van der Waals surface area contributed by atoms with Gasteiger partial charge in [0, 0.05) is 26.1 Å². The number of aliphatic carboxylic acids is 1. The molecule has 104 valence electrons. The Morgan fingerprint density at radius 1 is 1.58 bits per heavy atom. The van der Waals surface area contributed by atoms with Gasteiger partial charge in [-0.2, -0.15) is 5.10 Å². The number of hydrogen-bond donors (Lipinski definition) is 3. The normalized spacial score (nSPS) is 19.2. The summed E-state index contributed by atoms with van der Waals surface area (Å²) in [6.45, 7) is 1.34. The van der Waals surface area contributed by atoms with Crippen LogP contribution in [-0.4, -0.2) is 56.8 Å². The molecule has 1 fully saturated rings. The number of carboxylic acids is 1. The van der Waals surface area contributed by atoms with Crippen LogP contribution in [0.4, 0.5) is 4.79 Å². The Labute approximate surface area is 110 Å². The summed E-state index contributed by atoms with van der Waals surface area (Å²) < 4.78 is 0. The molecule has 1 aliphatic rings. The number of carbonyl (C=O) groups excluding carboxylic acids is 1. The molecule has 1 aromatic rings. The fraction of sp³-hybridized carbons (Fsp3) is 0.636. The Morgan fingerprint density at radius 3 is 3.11 bits per heavy atom. The summed E-state index contributed by atoms with van der Waals surface area (Å²) in [5.74, 6) is -0.574. The Morgan fingerprint density at radius 2 is 2.42 bits per heavy atom. The number of aromatic amines is 1. The Hall–Kier alpha value is -2.12. The van der Waals surface area contributed by atoms with E-state index in [1.54, 1.807) is 4.90 Å². The van der Waals surface area contributed by atoms with E-state index in [9.17, 15) is 9.59 Å². The largest absolute Gasteiger partial charge is 0.481 e. The molecule has 1 aliphatic heterocycles. The monoisotopic (exact) mass is 267 g/mol. The molecule has 0 unspecified atom stereocenters. The number of piperidine rings is 1. The van der Waals surface area contributed by atoms with Crippen molar-refractivity contribution in [1.29, 1.82) is 0 Å². The Kier molecular flexibility index (Phi) is 4.32. The van der Waals surface area contributed by atoms with E-state index in [1.807, 2.05) is 0 Å². The van der Waals surface area contributed by atoms with E-state index >= 15 is 0 Å². The molecular formula is C11H17N5O3. The fourth-order valence-corrected chi connectivity index (χ4v) is 2.11. The van der Waals surface area contributed by atoms with Crippen LogP contribution in [0.1, 0.15) is 18.7 Å². The second-order valence-corrected chi connectivity index (χ2v) is 4.54. The third-order valence-electron chi connectivity index (χ3n) is 3.16. The summed E-state index contributed by atoms with van der Waals surface area (Å²) in [6, 6.07) is -0.217. The van der Waals surface area contributed by atoms with E-state index in [0.29, 0.717) is 31.8 Å². The van der Waals surface area contributed by atoms with E-state index in [2.05, 4.69) is 20.5 Å². The van der Waals surface area contributed by atoms with Gasteiger partial charge in [0.05, 0.1) is 5.92 Å². The average Bonchev–Trinajstić information content (AvgIpc) is 2.92. The van der Waals surface area contributed by atoms with Crippen LogP contribution in [-0.2, 0) is 11.2 Å². The zero-order valence-corrected chi connectivity index (χ0v) is 10.5. The smallest absolute Gasteiger partial charge is 0.317 e. The van der Waals surface area contributed by atoms with Crippen LogP contribution < -0.4 is 5.32 Å². The van der Waals surface area contributed by atoms with Crippen LogP contribution in [0, 0.1) is 5.92 Å². The number of urea groups is 1. The topological polar surface area (TPSA) is 111 Å². The Balaban J connectivity index is 1.74. The van der Waals surface area contributed by atoms with Crippen molar-refractivity contribution in [3.05, 3.63) is 12.2 Å². The van der Waals surface area contributed by atoms with Crippen LogP contribution in [0.2, 0.25) is 0 Å². The van der Waals surface area contributed by atoms with Gasteiger partial charge in [-0.3, -0.25) is 9.89 Å². The summed E-state index contributed by atoms with van der Waals surface area (Å²) in [7, 11) is 0. The number of amides is 2. The first-order valence-corrected chi connectivity index (χ1v) is 6.26. The molecule has 0 spiro atoms. The first kappa shape index (κ1) is 13.3. The standard InChI is InChI=1S/C11H17N5O3/c17-10(18)8-2-1-5-16(6-8)11(19)12-4-3-9-13-7-14-15-9/h7-8H,1-6H2,(H,12,19)(H,17,18)(H,13,14,15)/t8-/m0/s1. The van der Waals surface area contributed by atoms with E-state index < -0.39 is 11.9 Å². The molecule has 0 aliphatic carbocycles. The van der Waals surface area contributed by atoms with Crippen molar-refractivity contribution in [2.24, 2.45) is 5.92 Å². The average molecular weight is 267 g/mol. The lowest BCUT2D eigenvalue weighted by Crippen LogP contribution is -2.47.